The predicted molar refractivity (Wildman–Crippen MR) is 245 cm³/mol. The Balaban J connectivity index is 1.02. The Morgan fingerprint density at radius 3 is 2.00 bits per heavy atom. The van der Waals surface area contributed by atoms with Gasteiger partial charge in [-0.05, 0) is 83.3 Å². The summed E-state index contributed by atoms with van der Waals surface area (Å²) in [5.74, 6) is 0.175. The van der Waals surface area contributed by atoms with Gasteiger partial charge in [-0.3, -0.25) is 0 Å². The Morgan fingerprint density at radius 2 is 1.19 bits per heavy atom. The van der Waals surface area contributed by atoms with Gasteiger partial charge >= 0.3 is 0 Å². The third kappa shape index (κ3) is 5.26. The van der Waals surface area contributed by atoms with Crippen LogP contribution < -0.4 is 4.90 Å². The summed E-state index contributed by atoms with van der Waals surface area (Å²) in [5.41, 5.74) is 12.7. The standard InChI is InChI=1S/C54H35NO2S/c1-3-12-34(13-4-1)35-22-26-38(27-23-35)55(39-28-24-36(25-29-39)41-18-11-19-44-43-16-8-10-21-50(43)58-54(41)44)40-30-31-42-46-33-49-52(45-17-7-9-20-47(45)56-49)51(37-14-5-2-6-15-37)53(46)57-48(42)32-40/h1-14,16-33,37H,15H2. The fourth-order valence-electron chi connectivity index (χ4n) is 9.07. The van der Waals surface area contributed by atoms with Gasteiger partial charge in [-0.2, -0.15) is 0 Å². The smallest absolute Gasteiger partial charge is 0.140 e. The molecule has 0 saturated carbocycles. The first-order valence-corrected chi connectivity index (χ1v) is 20.7. The molecule has 3 nitrogen and oxygen atoms in total. The van der Waals surface area contributed by atoms with Gasteiger partial charge in [0.15, 0.2) is 0 Å². The number of para-hydroxylation sites is 1. The molecule has 3 heterocycles. The number of allylic oxidation sites excluding steroid dienone is 4. The normalized spacial score (nSPS) is 14.2. The second kappa shape index (κ2) is 13.2. The van der Waals surface area contributed by atoms with Gasteiger partial charge < -0.3 is 13.7 Å². The molecule has 0 fully saturated rings. The third-order valence-corrected chi connectivity index (χ3v) is 13.0. The lowest BCUT2D eigenvalue weighted by Gasteiger charge is -2.26. The fourth-order valence-corrected chi connectivity index (χ4v) is 10.3. The average molecular weight is 762 g/mol. The topological polar surface area (TPSA) is 29.5 Å². The lowest BCUT2D eigenvalue weighted by atomic mass is 9.88. The van der Waals surface area contributed by atoms with Crippen LogP contribution >= 0.6 is 11.3 Å². The monoisotopic (exact) mass is 761 g/mol. The van der Waals surface area contributed by atoms with Crippen molar-refractivity contribution in [1.29, 1.82) is 0 Å². The second-order valence-electron chi connectivity index (χ2n) is 15.2. The summed E-state index contributed by atoms with van der Waals surface area (Å²) < 4.78 is 16.2. The van der Waals surface area contributed by atoms with Gasteiger partial charge in [-0.25, -0.2) is 0 Å². The molecule has 58 heavy (non-hydrogen) atoms. The number of fused-ring (bicyclic) bond motifs is 9. The van der Waals surface area contributed by atoms with Crippen molar-refractivity contribution < 1.29 is 8.83 Å². The zero-order valence-corrected chi connectivity index (χ0v) is 32.2. The Kier molecular flexibility index (Phi) is 7.54. The summed E-state index contributed by atoms with van der Waals surface area (Å²) in [7, 11) is 0. The third-order valence-electron chi connectivity index (χ3n) is 11.8. The van der Waals surface area contributed by atoms with Crippen LogP contribution in [0.5, 0.6) is 0 Å². The van der Waals surface area contributed by atoms with E-state index in [9.17, 15) is 0 Å². The van der Waals surface area contributed by atoms with Crippen LogP contribution in [0.1, 0.15) is 17.9 Å². The molecular formula is C54H35NO2S. The number of anilines is 3. The fraction of sp³-hybridized carbons (Fsp3) is 0.0370. The number of benzene rings is 8. The summed E-state index contributed by atoms with van der Waals surface area (Å²) in [6.07, 6.45) is 9.72. The number of nitrogens with zero attached hydrogens (tertiary/aromatic N) is 1. The van der Waals surface area contributed by atoms with E-state index >= 15 is 0 Å². The van der Waals surface area contributed by atoms with E-state index in [0.717, 1.165) is 67.4 Å². The molecule has 0 spiro atoms. The summed E-state index contributed by atoms with van der Waals surface area (Å²) in [5, 5.41) is 7.03. The van der Waals surface area contributed by atoms with Gasteiger partial charge in [-0.1, -0.05) is 133 Å². The van der Waals surface area contributed by atoms with Crippen molar-refractivity contribution in [3.63, 3.8) is 0 Å². The van der Waals surface area contributed by atoms with E-state index in [2.05, 4.69) is 193 Å². The van der Waals surface area contributed by atoms with Crippen molar-refractivity contribution in [3.05, 3.63) is 200 Å². The van der Waals surface area contributed by atoms with E-state index in [-0.39, 0.29) is 5.92 Å². The number of rotatable bonds is 6. The van der Waals surface area contributed by atoms with Crippen molar-refractivity contribution in [2.24, 2.45) is 0 Å². The highest BCUT2D eigenvalue weighted by molar-refractivity contribution is 7.26. The molecule has 4 heteroatoms. The quantitative estimate of drug-likeness (QED) is 0.169. The summed E-state index contributed by atoms with van der Waals surface area (Å²) in [6, 6.07) is 61.0. The van der Waals surface area contributed by atoms with Crippen LogP contribution in [0.3, 0.4) is 0 Å². The largest absolute Gasteiger partial charge is 0.456 e. The van der Waals surface area contributed by atoms with Gasteiger partial charge in [0.1, 0.15) is 22.3 Å². The molecule has 0 N–H and O–H groups in total. The van der Waals surface area contributed by atoms with Gasteiger partial charge in [-0.15, -0.1) is 11.3 Å². The molecule has 1 aliphatic rings. The molecule has 1 unspecified atom stereocenters. The molecule has 1 aliphatic carbocycles. The molecular weight excluding hydrogens is 727 g/mol. The van der Waals surface area contributed by atoms with Crippen molar-refractivity contribution in [3.8, 4) is 22.3 Å². The number of furan rings is 2. The van der Waals surface area contributed by atoms with Gasteiger partial charge in [0, 0.05) is 76.3 Å². The number of hydrogen-bond acceptors (Lipinski definition) is 4. The zero-order valence-electron chi connectivity index (χ0n) is 31.4. The zero-order chi connectivity index (χ0) is 38.2. The first-order chi connectivity index (χ1) is 28.7. The van der Waals surface area contributed by atoms with Gasteiger partial charge in [0.25, 0.3) is 0 Å². The minimum absolute atomic E-state index is 0.175. The number of thiophene rings is 1. The van der Waals surface area contributed by atoms with Crippen LogP contribution in [0.25, 0.3) is 86.3 Å². The molecule has 0 bridgehead atoms. The first-order valence-electron chi connectivity index (χ1n) is 19.9. The van der Waals surface area contributed by atoms with E-state index in [1.807, 2.05) is 17.4 Å². The predicted octanol–water partition coefficient (Wildman–Crippen LogP) is 16.3. The molecule has 3 aromatic heterocycles. The minimum atomic E-state index is 0.175. The first kappa shape index (κ1) is 33.0. The molecule has 0 aliphatic heterocycles. The van der Waals surface area contributed by atoms with Crippen molar-refractivity contribution in [2.75, 3.05) is 4.90 Å². The van der Waals surface area contributed by atoms with Crippen LogP contribution in [0.2, 0.25) is 0 Å². The van der Waals surface area contributed by atoms with Crippen LogP contribution in [0.15, 0.2) is 203 Å². The maximum absolute atomic E-state index is 7.02. The maximum atomic E-state index is 7.02. The van der Waals surface area contributed by atoms with E-state index in [0.29, 0.717) is 0 Å². The highest BCUT2D eigenvalue weighted by Gasteiger charge is 2.25. The minimum Gasteiger partial charge on any atom is -0.456 e. The molecule has 0 amide bonds. The Bertz CT molecular complexity index is 3420. The van der Waals surface area contributed by atoms with Crippen LogP contribution in [-0.4, -0.2) is 0 Å². The van der Waals surface area contributed by atoms with Crippen molar-refractivity contribution in [1.82, 2.24) is 0 Å². The second-order valence-corrected chi connectivity index (χ2v) is 16.2. The summed E-state index contributed by atoms with van der Waals surface area (Å²) in [6.45, 7) is 0. The lowest BCUT2D eigenvalue weighted by molar-refractivity contribution is 0.655. The van der Waals surface area contributed by atoms with E-state index in [1.54, 1.807) is 0 Å². The average Bonchev–Trinajstić information content (AvgIpc) is 3.98. The Morgan fingerprint density at radius 1 is 0.483 bits per heavy atom. The molecule has 8 aromatic carbocycles. The van der Waals surface area contributed by atoms with Crippen molar-refractivity contribution in [2.45, 2.75) is 12.3 Å². The molecule has 11 aromatic rings. The van der Waals surface area contributed by atoms with Crippen LogP contribution in [-0.2, 0) is 0 Å². The van der Waals surface area contributed by atoms with Crippen LogP contribution in [0.4, 0.5) is 17.1 Å². The SMILES string of the molecule is C1=CCC(c2c3oc4cc(N(c5ccc(-c6ccccc6)cc5)c5ccc(-c6cccc7c6sc6ccccc67)cc5)ccc4c3cc3oc4ccccc4c23)C=C1. The molecule has 0 saturated heterocycles. The van der Waals surface area contributed by atoms with E-state index in [1.165, 1.54) is 48.0 Å². The summed E-state index contributed by atoms with van der Waals surface area (Å²) in [4.78, 5) is 2.33. The van der Waals surface area contributed by atoms with E-state index < -0.39 is 0 Å². The Hall–Kier alpha value is -7.14. The molecule has 12 rings (SSSR count). The van der Waals surface area contributed by atoms with Gasteiger partial charge in [0.2, 0.25) is 0 Å². The molecule has 0 radical (unpaired) electrons. The summed E-state index contributed by atoms with van der Waals surface area (Å²) >= 11 is 1.87. The number of hydrogen-bond donors (Lipinski definition) is 0. The molecule has 1 atom stereocenters. The lowest BCUT2D eigenvalue weighted by Crippen LogP contribution is -2.09. The highest BCUT2D eigenvalue weighted by Crippen LogP contribution is 2.47. The van der Waals surface area contributed by atoms with Crippen LogP contribution in [0, 0.1) is 0 Å². The van der Waals surface area contributed by atoms with E-state index in [4.69, 9.17) is 8.83 Å². The highest BCUT2D eigenvalue weighted by atomic mass is 32.1. The van der Waals surface area contributed by atoms with Crippen molar-refractivity contribution >= 4 is 92.4 Å². The maximum Gasteiger partial charge on any atom is 0.140 e. The van der Waals surface area contributed by atoms with Gasteiger partial charge in [0.05, 0.1) is 0 Å². The molecule has 274 valence electrons. The Labute approximate surface area is 339 Å².